The van der Waals surface area contributed by atoms with Crippen LogP contribution in [0.3, 0.4) is 0 Å². The average Bonchev–Trinajstić information content (AvgIpc) is 2.43. The van der Waals surface area contributed by atoms with Crippen LogP contribution >= 0.6 is 0 Å². The number of ether oxygens (including phenoxy) is 1. The van der Waals surface area contributed by atoms with Crippen molar-refractivity contribution < 1.29 is 63.2 Å². The van der Waals surface area contributed by atoms with Gasteiger partial charge in [-0.25, -0.2) is 0 Å². The maximum atomic E-state index is 12.4. The van der Waals surface area contributed by atoms with Crippen LogP contribution in [0.1, 0.15) is 138 Å². The Morgan fingerprint density at radius 2 is 1.16 bits per heavy atom. The van der Waals surface area contributed by atoms with Crippen LogP contribution in [0.2, 0.25) is 0 Å². The van der Waals surface area contributed by atoms with Crippen LogP contribution in [0.25, 0.3) is 10.9 Å². The Morgan fingerprint density at radius 3 is 1.63 bits per heavy atom. The third kappa shape index (κ3) is 49.3. The van der Waals surface area contributed by atoms with E-state index in [9.17, 15) is 43.2 Å². The molecule has 0 saturated heterocycles. The fraction of sp³-hybridized carbons (Fsp3) is 0.523. The number of aromatic nitrogens is 1. The number of aromatic amines is 1. The minimum absolute atomic E-state index is 0.177. The van der Waals surface area contributed by atoms with Crippen LogP contribution in [0.5, 0.6) is 5.75 Å². The first-order chi connectivity index (χ1) is 42.4. The molecular formula is C65H111N11O13. The summed E-state index contributed by atoms with van der Waals surface area (Å²) in [5, 5.41) is 46.1. The van der Waals surface area contributed by atoms with Gasteiger partial charge in [0.2, 0.25) is 53.7 Å². The predicted molar refractivity (Wildman–Crippen MR) is 355 cm³/mol. The number of primary amides is 2. The number of rotatable bonds is 28. The molecule has 5 unspecified atom stereocenters. The number of carbonyl (C=O) groups excluding carboxylic acids is 9. The third-order valence-corrected chi connectivity index (χ3v) is 10.7. The van der Waals surface area contributed by atoms with Crippen molar-refractivity contribution in [3.8, 4) is 5.75 Å². The molecule has 0 fully saturated rings. The summed E-state index contributed by atoms with van der Waals surface area (Å²) in [5.41, 5.74) is 14.1. The summed E-state index contributed by atoms with van der Waals surface area (Å²) in [6, 6.07) is 21.0. The molecule has 3 aromatic carbocycles. The van der Waals surface area contributed by atoms with E-state index in [-0.39, 0.29) is 56.6 Å². The van der Waals surface area contributed by atoms with Gasteiger partial charge in [-0.2, -0.15) is 0 Å². The zero-order chi connectivity index (χ0) is 69.1. The van der Waals surface area contributed by atoms with Crippen LogP contribution in [-0.2, 0) is 60.7 Å². The molecule has 0 radical (unpaired) electrons. The van der Waals surface area contributed by atoms with Crippen molar-refractivity contribution >= 4 is 64.6 Å². The number of nitrogens with two attached hydrogens (primary N) is 2. The van der Waals surface area contributed by atoms with E-state index in [4.69, 9.17) is 26.8 Å². The van der Waals surface area contributed by atoms with Crippen LogP contribution in [0, 0.1) is 12.8 Å². The number of para-hydroxylation sites is 1. The lowest BCUT2D eigenvalue weighted by molar-refractivity contribution is -0.130. The van der Waals surface area contributed by atoms with Crippen molar-refractivity contribution in [2.45, 2.75) is 171 Å². The number of phenols is 1. The van der Waals surface area contributed by atoms with Crippen molar-refractivity contribution in [3.05, 3.63) is 115 Å². The number of fused-ring (bicyclic) bond motifs is 1. The Morgan fingerprint density at radius 1 is 0.652 bits per heavy atom. The van der Waals surface area contributed by atoms with Gasteiger partial charge in [0.05, 0.1) is 26.2 Å². The van der Waals surface area contributed by atoms with Crippen molar-refractivity contribution in [2.24, 2.45) is 17.4 Å². The quantitative estimate of drug-likeness (QED) is 0.0333. The molecule has 24 heteroatoms. The van der Waals surface area contributed by atoms with E-state index in [1.165, 1.54) is 24.6 Å². The monoisotopic (exact) mass is 1250 g/mol. The van der Waals surface area contributed by atoms with E-state index < -0.39 is 53.6 Å². The molecule has 1 heterocycles. The molecule has 0 aliphatic carbocycles. The molecule has 1 aromatic heterocycles. The maximum absolute atomic E-state index is 12.4. The lowest BCUT2D eigenvalue weighted by atomic mass is 10.0. The highest BCUT2D eigenvalue weighted by molar-refractivity contribution is 5.93. The number of hydrogen-bond donors (Lipinski definition) is 14. The Bertz CT molecular complexity index is 2470. The van der Waals surface area contributed by atoms with E-state index >= 15 is 0 Å². The Balaban J connectivity index is -0.000000344. The zero-order valence-corrected chi connectivity index (χ0v) is 55.7. The van der Waals surface area contributed by atoms with Gasteiger partial charge >= 0.3 is 0 Å². The number of aromatic hydroxyl groups is 1. The number of methoxy groups -OCH3 is 1. The van der Waals surface area contributed by atoms with Gasteiger partial charge in [-0.1, -0.05) is 161 Å². The van der Waals surface area contributed by atoms with E-state index in [0.717, 1.165) is 35.6 Å². The van der Waals surface area contributed by atoms with Crippen molar-refractivity contribution in [2.75, 3.05) is 47.6 Å². The van der Waals surface area contributed by atoms with Crippen LogP contribution < -0.4 is 54.0 Å². The number of H-pyrrole nitrogens is 1. The molecule has 24 nitrogen and oxygen atoms in total. The Labute approximate surface area is 529 Å². The lowest BCUT2D eigenvalue weighted by Crippen LogP contribution is -2.51. The predicted octanol–water partition coefficient (Wildman–Crippen LogP) is 5.00. The third-order valence-electron chi connectivity index (χ3n) is 10.7. The maximum Gasteiger partial charge on any atom is 0.243 e. The summed E-state index contributed by atoms with van der Waals surface area (Å²) < 4.78 is 4.25. The summed E-state index contributed by atoms with van der Waals surface area (Å²) in [7, 11) is 4.25. The average molecular weight is 1250 g/mol. The number of phenolic OH excluding ortho intramolecular Hbond substituents is 1. The van der Waals surface area contributed by atoms with Gasteiger partial charge in [0.1, 0.15) is 29.9 Å². The minimum Gasteiger partial charge on any atom is -0.508 e. The zero-order valence-electron chi connectivity index (χ0n) is 55.7. The number of amides is 9. The molecule has 9 amide bonds. The molecule has 0 aliphatic heterocycles. The highest BCUT2D eigenvalue weighted by Gasteiger charge is 2.25. The number of carbonyl (C=O) groups is 9. The van der Waals surface area contributed by atoms with Crippen molar-refractivity contribution in [1.82, 2.24) is 47.5 Å². The van der Waals surface area contributed by atoms with Gasteiger partial charge in [0.25, 0.3) is 0 Å². The summed E-state index contributed by atoms with van der Waals surface area (Å²) >= 11 is 0. The van der Waals surface area contributed by atoms with Crippen LogP contribution in [0.15, 0.2) is 97.8 Å². The first-order valence-electron chi connectivity index (χ1n) is 30.1. The number of aliphatic hydroxyl groups is 2. The second-order valence-electron chi connectivity index (χ2n) is 19.8. The number of hydrogen-bond acceptors (Lipinski definition) is 14. The molecule has 4 aromatic rings. The van der Waals surface area contributed by atoms with Gasteiger partial charge < -0.3 is 79.0 Å². The number of aliphatic hydroxyl groups excluding tert-OH is 2. The highest BCUT2D eigenvalue weighted by atomic mass is 16.4. The smallest absolute Gasteiger partial charge is 0.243 e. The molecule has 0 bridgehead atoms. The Hall–Kier alpha value is -8.35. The standard InChI is InChI=1S/C18H27N3O4.C16H19N5O4.C13H25N3O2.C7H8O.2C3H8.C2H6O.C2H6.CH4O/c1-3-7-16(23)21-15(10-14-8-5-4-6-9-14)18(25)19-11-17(24)20-13(2)12-22;17-14(23)7-20-16(25)13(21-15(24)8-18-9-22)5-10-6-19-12-4-2-1-3-11(10)12;1-5-7-10(15-6-2)13(18)16-11(12(14)17)8-9(3)4;1-6-2-4-7(8)5-3-6;3*1-3-2;2*1-2/h4-6,8-9,13,15,22H,3,7,10-12H2,1-2H3,(H,19,25)(H,20,24)(H,21,23);1-4,6,9,13,19H,5,7-8H2,(H2,17,23)(H,18,22)(H,20,25)(H,21,24);6,9-11,15H,2,5,7-8H2,1,3-4H3,(H2,14,17)(H,16,18);2-5,8H,1H3;2*3H2,1-2H3;1-2H3;1-2H3;2H,1H3. The van der Waals surface area contributed by atoms with Crippen LogP contribution in [-0.4, -0.2) is 152 Å². The van der Waals surface area contributed by atoms with Crippen LogP contribution in [0.4, 0.5) is 0 Å². The summed E-state index contributed by atoms with van der Waals surface area (Å²) in [6.45, 7) is 26.6. The van der Waals surface area contributed by atoms with E-state index in [0.29, 0.717) is 50.2 Å². The normalized spacial score (nSPS) is 11.2. The number of benzene rings is 3. The molecule has 16 N–H and O–H groups in total. The largest absolute Gasteiger partial charge is 0.508 e. The molecule has 5 atom stereocenters. The molecule has 0 spiro atoms. The fourth-order valence-corrected chi connectivity index (χ4v) is 6.88. The lowest BCUT2D eigenvalue weighted by Gasteiger charge is -2.21. The van der Waals surface area contributed by atoms with Crippen molar-refractivity contribution in [1.29, 1.82) is 0 Å². The molecule has 89 heavy (non-hydrogen) atoms. The number of aryl methyl sites for hydroxylation is 1. The summed E-state index contributed by atoms with van der Waals surface area (Å²) in [4.78, 5) is 108. The second-order valence-corrected chi connectivity index (χ2v) is 19.8. The van der Waals surface area contributed by atoms with Crippen molar-refractivity contribution in [3.63, 3.8) is 0 Å². The first-order valence-corrected chi connectivity index (χ1v) is 30.1. The number of nitrogens with one attached hydrogen (secondary N) is 9. The van der Waals surface area contributed by atoms with E-state index in [1.807, 2.05) is 115 Å². The van der Waals surface area contributed by atoms with Gasteiger partial charge in [-0.3, -0.25) is 43.2 Å². The minimum atomic E-state index is -0.917. The summed E-state index contributed by atoms with van der Waals surface area (Å²) in [5.74, 6) is -2.84. The molecule has 0 saturated carbocycles. The van der Waals surface area contributed by atoms with Gasteiger partial charge in [-0.05, 0) is 74.6 Å². The topological polar surface area (TPSA) is 388 Å². The molecule has 504 valence electrons. The van der Waals surface area contributed by atoms with E-state index in [2.05, 4.69) is 86.5 Å². The fourth-order valence-electron chi connectivity index (χ4n) is 6.88. The molecule has 0 aliphatic rings. The van der Waals surface area contributed by atoms with Gasteiger partial charge in [-0.15, -0.1) is 0 Å². The van der Waals surface area contributed by atoms with Gasteiger partial charge in [0, 0.05) is 63.7 Å². The molecular weight excluding hydrogens is 1140 g/mol. The Kier molecular flexibility index (Phi) is 60.2. The second kappa shape index (κ2) is 60.0. The molecule has 4 rings (SSSR count). The highest BCUT2D eigenvalue weighted by Crippen LogP contribution is 2.19. The van der Waals surface area contributed by atoms with Gasteiger partial charge in [0.15, 0.2) is 0 Å². The summed E-state index contributed by atoms with van der Waals surface area (Å²) in [6.07, 6.45) is 9.82. The van der Waals surface area contributed by atoms with E-state index in [1.54, 1.807) is 39.5 Å². The first kappa shape index (κ1) is 89.4. The SMILES string of the molecule is C=CNC(CCC)C(=O)NC(CC(C)C)C(N)=O.CC.CCC.CCC.CCCC(=O)NC(Cc1ccccc1)C(=O)NCC(=O)NC(C)CO.CO.COC.Cc1ccc(O)cc1.NC(=O)CNC(=O)C(Cc1c[nH]c2ccccc12)NC(=O)CNC=O.